The van der Waals surface area contributed by atoms with Crippen molar-refractivity contribution in [3.63, 3.8) is 0 Å². The molecule has 334 valence electrons. The lowest BCUT2D eigenvalue weighted by molar-refractivity contribution is 1.18. The molecule has 0 saturated carbocycles. The van der Waals surface area contributed by atoms with Crippen LogP contribution >= 0.6 is 22.7 Å². The minimum atomic E-state index is 1.09. The van der Waals surface area contributed by atoms with Crippen LogP contribution in [0.3, 0.4) is 0 Å². The van der Waals surface area contributed by atoms with E-state index in [1.807, 2.05) is 22.7 Å². The number of fused-ring (bicyclic) bond motifs is 9. The topological polar surface area (TPSA) is 11.4 Å². The van der Waals surface area contributed by atoms with Crippen LogP contribution in [0.4, 0.5) is 34.1 Å². The normalized spacial score (nSPS) is 11.7. The summed E-state index contributed by atoms with van der Waals surface area (Å²) in [5.74, 6) is 0. The predicted molar refractivity (Wildman–Crippen MR) is 307 cm³/mol. The molecule has 0 unspecified atom stereocenters. The predicted octanol–water partition coefficient (Wildman–Crippen LogP) is 19.8. The first kappa shape index (κ1) is 41.3. The molecule has 0 aliphatic rings. The van der Waals surface area contributed by atoms with Gasteiger partial charge in [-0.2, -0.15) is 0 Å². The molecule has 3 aromatic heterocycles. The second-order valence-corrected chi connectivity index (χ2v) is 20.3. The Morgan fingerprint density at radius 3 is 1.39 bits per heavy atom. The van der Waals surface area contributed by atoms with Gasteiger partial charge in [-0.1, -0.05) is 146 Å². The monoisotopic (exact) mass is 941 g/mol. The average Bonchev–Trinajstić information content (AvgIpc) is 4.10. The number of thiophene rings is 2. The van der Waals surface area contributed by atoms with Gasteiger partial charge in [-0.3, -0.25) is 0 Å². The van der Waals surface area contributed by atoms with Crippen LogP contribution in [0.25, 0.3) is 90.1 Å². The average molecular weight is 942 g/mol. The van der Waals surface area contributed by atoms with Gasteiger partial charge in [0, 0.05) is 90.9 Å². The van der Waals surface area contributed by atoms with Gasteiger partial charge in [0.1, 0.15) is 0 Å². The van der Waals surface area contributed by atoms with Crippen molar-refractivity contribution in [2.24, 2.45) is 0 Å². The van der Waals surface area contributed by atoms with Crippen LogP contribution < -0.4 is 9.80 Å². The van der Waals surface area contributed by atoms with Gasteiger partial charge in [0.25, 0.3) is 0 Å². The standard InChI is InChI=1S/C66H43N3S2/c1-4-15-44(16-5-1)45-27-31-50(32-28-45)67(53-36-38-65-59(40-53)56-23-10-12-25-63(56)70-65)51-33-29-46(30-34-51)47-17-14-22-52(39-47)68(48-18-6-2-7-19-48)54-35-37-55-58-43-66-60(57-24-11-13-26-64(57)71-66)42-62(58)69(61(55)41-54)49-20-8-3-9-21-49/h1-43H. The van der Waals surface area contributed by atoms with Crippen LogP contribution in [0.5, 0.6) is 0 Å². The van der Waals surface area contributed by atoms with E-state index in [1.54, 1.807) is 0 Å². The third kappa shape index (κ3) is 7.17. The second-order valence-electron chi connectivity index (χ2n) is 18.1. The van der Waals surface area contributed by atoms with Crippen LogP contribution in [0.2, 0.25) is 0 Å². The van der Waals surface area contributed by atoms with Gasteiger partial charge in [0.05, 0.1) is 11.0 Å². The molecule has 3 nitrogen and oxygen atoms in total. The van der Waals surface area contributed by atoms with Crippen LogP contribution in [0.1, 0.15) is 0 Å². The van der Waals surface area contributed by atoms with Crippen molar-refractivity contribution >= 4 is 119 Å². The summed E-state index contributed by atoms with van der Waals surface area (Å²) < 4.78 is 7.67. The molecule has 0 aliphatic heterocycles. The highest BCUT2D eigenvalue weighted by Crippen LogP contribution is 2.45. The molecule has 0 amide bonds. The Bertz CT molecular complexity index is 4270. The SMILES string of the molecule is c1ccc(-c2ccc(N(c3ccc(-c4cccc(N(c5ccccc5)c5ccc6c7cc8sc9ccccc9c8cc7n(-c7ccccc7)c6c5)c4)cc3)c3ccc4sc5ccccc5c4c3)cc2)cc1. The number of para-hydroxylation sites is 2. The maximum Gasteiger partial charge on any atom is 0.0561 e. The third-order valence-corrected chi connectivity index (χ3v) is 16.2. The van der Waals surface area contributed by atoms with Crippen molar-refractivity contribution in [1.82, 2.24) is 4.57 Å². The van der Waals surface area contributed by atoms with Crippen molar-refractivity contribution < 1.29 is 0 Å². The highest BCUT2D eigenvalue weighted by molar-refractivity contribution is 7.26. The molecule has 0 atom stereocenters. The Morgan fingerprint density at radius 2 is 0.690 bits per heavy atom. The summed E-state index contributed by atoms with van der Waals surface area (Å²) in [5, 5.41) is 7.67. The number of rotatable bonds is 9. The van der Waals surface area contributed by atoms with Gasteiger partial charge in [0.2, 0.25) is 0 Å². The molecule has 0 bridgehead atoms. The maximum atomic E-state index is 2.45. The highest BCUT2D eigenvalue weighted by atomic mass is 32.1. The smallest absolute Gasteiger partial charge is 0.0561 e. The Morgan fingerprint density at radius 1 is 0.239 bits per heavy atom. The highest BCUT2D eigenvalue weighted by Gasteiger charge is 2.21. The van der Waals surface area contributed by atoms with Gasteiger partial charge in [0.15, 0.2) is 0 Å². The van der Waals surface area contributed by atoms with Gasteiger partial charge in [-0.15, -0.1) is 22.7 Å². The molecule has 0 spiro atoms. The van der Waals surface area contributed by atoms with Gasteiger partial charge in [-0.25, -0.2) is 0 Å². The van der Waals surface area contributed by atoms with Gasteiger partial charge in [-0.05, 0) is 138 Å². The van der Waals surface area contributed by atoms with E-state index in [9.17, 15) is 0 Å². The van der Waals surface area contributed by atoms with E-state index in [1.165, 1.54) is 73.3 Å². The molecule has 71 heavy (non-hydrogen) atoms. The van der Waals surface area contributed by atoms with Crippen molar-refractivity contribution in [3.8, 4) is 27.9 Å². The fourth-order valence-electron chi connectivity index (χ4n) is 10.6. The first-order valence-corrected chi connectivity index (χ1v) is 25.7. The summed E-state index contributed by atoms with van der Waals surface area (Å²) in [6, 6.07) is 95.4. The zero-order valence-corrected chi connectivity index (χ0v) is 40.1. The number of anilines is 6. The molecule has 14 rings (SSSR count). The van der Waals surface area contributed by atoms with Crippen LogP contribution in [0.15, 0.2) is 261 Å². The molecular formula is C66H43N3S2. The number of nitrogens with zero attached hydrogens (tertiary/aromatic N) is 3. The molecule has 11 aromatic carbocycles. The molecule has 5 heteroatoms. The first-order chi connectivity index (χ1) is 35.2. The number of hydrogen-bond acceptors (Lipinski definition) is 4. The molecule has 0 fully saturated rings. The summed E-state index contributed by atoms with van der Waals surface area (Å²) in [5.41, 5.74) is 14.8. The fourth-order valence-corrected chi connectivity index (χ4v) is 12.8. The van der Waals surface area contributed by atoms with Gasteiger partial charge < -0.3 is 14.4 Å². The molecule has 0 radical (unpaired) electrons. The second kappa shape index (κ2) is 17.0. The van der Waals surface area contributed by atoms with E-state index in [4.69, 9.17) is 0 Å². The third-order valence-electron chi connectivity index (χ3n) is 13.9. The minimum Gasteiger partial charge on any atom is -0.310 e. The van der Waals surface area contributed by atoms with E-state index in [0.717, 1.165) is 50.9 Å². The van der Waals surface area contributed by atoms with E-state index < -0.39 is 0 Å². The van der Waals surface area contributed by atoms with Crippen molar-refractivity contribution in [2.75, 3.05) is 9.80 Å². The summed E-state index contributed by atoms with van der Waals surface area (Å²) in [6.45, 7) is 0. The zero-order chi connectivity index (χ0) is 46.8. The summed E-state index contributed by atoms with van der Waals surface area (Å²) >= 11 is 3.72. The fraction of sp³-hybridized carbons (Fsp3) is 0. The molecule has 0 aliphatic carbocycles. The number of hydrogen-bond donors (Lipinski definition) is 0. The van der Waals surface area contributed by atoms with Crippen molar-refractivity contribution in [3.05, 3.63) is 261 Å². The maximum absolute atomic E-state index is 2.45. The zero-order valence-electron chi connectivity index (χ0n) is 38.5. The molecule has 3 heterocycles. The van der Waals surface area contributed by atoms with E-state index in [-0.39, 0.29) is 0 Å². The largest absolute Gasteiger partial charge is 0.310 e. The number of benzene rings is 11. The summed E-state index contributed by atoms with van der Waals surface area (Å²) in [6.07, 6.45) is 0. The van der Waals surface area contributed by atoms with Crippen LogP contribution in [-0.4, -0.2) is 4.57 Å². The summed E-state index contributed by atoms with van der Waals surface area (Å²) in [7, 11) is 0. The minimum absolute atomic E-state index is 1.09. The molecule has 0 N–H and O–H groups in total. The lowest BCUT2D eigenvalue weighted by atomic mass is 10.0. The Labute approximate surface area is 419 Å². The quantitative estimate of drug-likeness (QED) is 0.143. The van der Waals surface area contributed by atoms with E-state index >= 15 is 0 Å². The van der Waals surface area contributed by atoms with Gasteiger partial charge >= 0.3 is 0 Å². The van der Waals surface area contributed by atoms with Crippen molar-refractivity contribution in [1.29, 1.82) is 0 Å². The Balaban J connectivity index is 0.869. The Kier molecular flexibility index (Phi) is 9.90. The Hall–Kier alpha value is -8.74. The molecule has 14 aromatic rings. The van der Waals surface area contributed by atoms with Crippen LogP contribution in [-0.2, 0) is 0 Å². The molecule has 0 saturated heterocycles. The summed E-state index contributed by atoms with van der Waals surface area (Å²) in [4.78, 5) is 4.77. The van der Waals surface area contributed by atoms with E-state index in [0.29, 0.717) is 0 Å². The first-order valence-electron chi connectivity index (χ1n) is 24.1. The lowest BCUT2D eigenvalue weighted by Crippen LogP contribution is -2.10. The lowest BCUT2D eigenvalue weighted by Gasteiger charge is -2.27. The molecular weight excluding hydrogens is 899 g/mol. The van der Waals surface area contributed by atoms with Crippen molar-refractivity contribution in [2.45, 2.75) is 0 Å². The van der Waals surface area contributed by atoms with E-state index in [2.05, 4.69) is 275 Å². The van der Waals surface area contributed by atoms with Crippen LogP contribution in [0, 0.1) is 0 Å². The number of aromatic nitrogens is 1.